The number of piperazine rings is 1. The van der Waals surface area contributed by atoms with Crippen molar-refractivity contribution in [3.8, 4) is 0 Å². The van der Waals surface area contributed by atoms with Crippen LogP contribution in [0.15, 0.2) is 18.5 Å². The number of aryl methyl sites for hydroxylation is 1. The van der Waals surface area contributed by atoms with Gasteiger partial charge < -0.3 is 26.4 Å². The molecular formula is C21H31N9O. The van der Waals surface area contributed by atoms with Crippen LogP contribution in [0.1, 0.15) is 36.6 Å². The monoisotopic (exact) mass is 425 g/mol. The van der Waals surface area contributed by atoms with Crippen LogP contribution in [0.2, 0.25) is 0 Å². The minimum Gasteiger partial charge on any atom is -0.396 e. The van der Waals surface area contributed by atoms with Gasteiger partial charge in [0.25, 0.3) is 0 Å². The summed E-state index contributed by atoms with van der Waals surface area (Å²) in [5.41, 5.74) is 9.85. The van der Waals surface area contributed by atoms with Gasteiger partial charge in [-0.1, -0.05) is 13.0 Å². The van der Waals surface area contributed by atoms with Crippen LogP contribution in [0.4, 0.5) is 17.6 Å². The number of nitrogens with zero attached hydrogens (tertiary/aromatic N) is 6. The second-order valence-electron chi connectivity index (χ2n) is 7.97. The number of rotatable bonds is 8. The molecule has 0 aliphatic carbocycles. The number of aliphatic hydroxyl groups is 1. The van der Waals surface area contributed by atoms with Crippen molar-refractivity contribution in [1.82, 2.24) is 29.9 Å². The molecule has 10 heteroatoms. The number of nitrogens with two attached hydrogens (primary N) is 1. The SMILES string of the molecule is CC[C@@H](CCO)Nc1nc(N)c2ncc(Cc3cnc(N4CCNCC4)c(C)c3)n2n1. The van der Waals surface area contributed by atoms with Crippen LogP contribution >= 0.6 is 0 Å². The van der Waals surface area contributed by atoms with Gasteiger partial charge >= 0.3 is 0 Å². The van der Waals surface area contributed by atoms with E-state index in [-0.39, 0.29) is 12.6 Å². The third-order valence-corrected chi connectivity index (χ3v) is 5.67. The van der Waals surface area contributed by atoms with E-state index in [0.29, 0.717) is 30.3 Å². The second-order valence-corrected chi connectivity index (χ2v) is 7.97. The van der Waals surface area contributed by atoms with Gasteiger partial charge in [-0.15, -0.1) is 5.10 Å². The largest absolute Gasteiger partial charge is 0.396 e. The molecule has 1 saturated heterocycles. The molecule has 0 amide bonds. The van der Waals surface area contributed by atoms with Gasteiger partial charge in [-0.25, -0.2) is 14.5 Å². The molecule has 4 heterocycles. The van der Waals surface area contributed by atoms with E-state index >= 15 is 0 Å². The summed E-state index contributed by atoms with van der Waals surface area (Å²) in [6, 6.07) is 2.26. The van der Waals surface area contributed by atoms with Crippen LogP contribution in [-0.4, -0.2) is 68.5 Å². The fraction of sp³-hybridized carbons (Fsp3) is 0.524. The number of pyridine rings is 1. The predicted octanol–water partition coefficient (Wildman–Crippen LogP) is 0.983. The summed E-state index contributed by atoms with van der Waals surface area (Å²) in [6.45, 7) is 8.19. The molecule has 0 unspecified atom stereocenters. The lowest BCUT2D eigenvalue weighted by Crippen LogP contribution is -2.44. The van der Waals surface area contributed by atoms with Gasteiger partial charge in [0, 0.05) is 51.4 Å². The Hall–Kier alpha value is -2.98. The zero-order valence-corrected chi connectivity index (χ0v) is 18.2. The number of aromatic nitrogens is 5. The van der Waals surface area contributed by atoms with Crippen LogP contribution in [0, 0.1) is 6.92 Å². The van der Waals surface area contributed by atoms with Gasteiger partial charge in [0.15, 0.2) is 11.5 Å². The smallest absolute Gasteiger partial charge is 0.243 e. The highest BCUT2D eigenvalue weighted by Crippen LogP contribution is 2.21. The van der Waals surface area contributed by atoms with Crippen molar-refractivity contribution in [1.29, 1.82) is 0 Å². The Morgan fingerprint density at radius 3 is 2.77 bits per heavy atom. The molecule has 1 fully saturated rings. The maximum atomic E-state index is 9.24. The van der Waals surface area contributed by atoms with E-state index in [2.05, 4.69) is 50.5 Å². The van der Waals surface area contributed by atoms with Gasteiger partial charge in [-0.3, -0.25) is 0 Å². The van der Waals surface area contributed by atoms with E-state index in [4.69, 9.17) is 10.7 Å². The molecule has 1 aliphatic rings. The van der Waals surface area contributed by atoms with Gasteiger partial charge in [-0.2, -0.15) is 4.98 Å². The maximum Gasteiger partial charge on any atom is 0.243 e. The molecule has 166 valence electrons. The first-order valence-electron chi connectivity index (χ1n) is 10.9. The molecule has 3 aromatic heterocycles. The number of hydrogen-bond donors (Lipinski definition) is 4. The van der Waals surface area contributed by atoms with Crippen LogP contribution in [0.3, 0.4) is 0 Å². The summed E-state index contributed by atoms with van der Waals surface area (Å²) >= 11 is 0. The fourth-order valence-electron chi connectivity index (χ4n) is 3.99. The van der Waals surface area contributed by atoms with Crippen LogP contribution < -0.4 is 21.3 Å². The second kappa shape index (κ2) is 9.44. The molecular weight excluding hydrogens is 394 g/mol. The third kappa shape index (κ3) is 4.70. The first-order valence-corrected chi connectivity index (χ1v) is 10.9. The molecule has 0 aromatic carbocycles. The van der Waals surface area contributed by atoms with Gasteiger partial charge in [0.05, 0.1) is 11.9 Å². The van der Waals surface area contributed by atoms with E-state index in [0.717, 1.165) is 49.7 Å². The van der Waals surface area contributed by atoms with Crippen molar-refractivity contribution in [2.45, 2.75) is 39.2 Å². The van der Waals surface area contributed by atoms with Crippen LogP contribution in [-0.2, 0) is 6.42 Å². The minimum atomic E-state index is 0.0817. The Labute approximate surface area is 181 Å². The number of nitrogens with one attached hydrogen (secondary N) is 2. The third-order valence-electron chi connectivity index (χ3n) is 5.67. The lowest BCUT2D eigenvalue weighted by Gasteiger charge is -2.29. The highest BCUT2D eigenvalue weighted by Gasteiger charge is 2.16. The summed E-state index contributed by atoms with van der Waals surface area (Å²) < 4.78 is 1.75. The lowest BCUT2D eigenvalue weighted by atomic mass is 10.1. The Balaban J connectivity index is 1.57. The number of imidazole rings is 1. The molecule has 0 bridgehead atoms. The van der Waals surface area contributed by atoms with E-state index in [1.54, 1.807) is 10.7 Å². The van der Waals surface area contributed by atoms with Crippen molar-refractivity contribution in [3.05, 3.63) is 35.3 Å². The number of hydrogen-bond acceptors (Lipinski definition) is 9. The van der Waals surface area contributed by atoms with E-state index < -0.39 is 0 Å². The fourth-order valence-corrected chi connectivity index (χ4v) is 3.99. The molecule has 3 aromatic rings. The van der Waals surface area contributed by atoms with Gasteiger partial charge in [-0.05, 0) is 30.9 Å². The van der Waals surface area contributed by atoms with Crippen molar-refractivity contribution in [3.63, 3.8) is 0 Å². The molecule has 1 atom stereocenters. The topological polar surface area (TPSA) is 130 Å². The Morgan fingerprint density at radius 2 is 2.06 bits per heavy atom. The van der Waals surface area contributed by atoms with Crippen LogP contribution in [0.5, 0.6) is 0 Å². The zero-order valence-electron chi connectivity index (χ0n) is 18.2. The van der Waals surface area contributed by atoms with Crippen molar-refractivity contribution in [2.24, 2.45) is 0 Å². The Kier molecular flexibility index (Phi) is 6.47. The normalized spacial score (nSPS) is 15.4. The molecule has 0 radical (unpaired) electrons. The van der Waals surface area contributed by atoms with Gasteiger partial charge in [0.2, 0.25) is 5.95 Å². The minimum absolute atomic E-state index is 0.0817. The molecule has 0 spiro atoms. The number of aliphatic hydroxyl groups excluding tert-OH is 1. The quantitative estimate of drug-likeness (QED) is 0.417. The summed E-state index contributed by atoms with van der Waals surface area (Å²) in [6.07, 6.45) is 5.83. The Morgan fingerprint density at radius 1 is 1.26 bits per heavy atom. The summed E-state index contributed by atoms with van der Waals surface area (Å²) in [5, 5.41) is 20.5. The highest BCUT2D eigenvalue weighted by molar-refractivity contribution is 5.61. The first-order chi connectivity index (χ1) is 15.1. The molecule has 10 nitrogen and oxygen atoms in total. The molecule has 0 saturated carbocycles. The van der Waals surface area contributed by atoms with Crippen molar-refractivity contribution >= 4 is 23.2 Å². The average Bonchev–Trinajstić information content (AvgIpc) is 3.17. The number of nitrogen functional groups attached to an aromatic ring is 1. The predicted molar refractivity (Wildman–Crippen MR) is 121 cm³/mol. The number of fused-ring (bicyclic) bond motifs is 1. The molecule has 5 N–H and O–H groups in total. The first kappa shape index (κ1) is 21.3. The molecule has 31 heavy (non-hydrogen) atoms. The molecule has 1 aliphatic heterocycles. The van der Waals surface area contributed by atoms with E-state index in [1.165, 1.54) is 5.56 Å². The van der Waals surface area contributed by atoms with E-state index in [9.17, 15) is 5.11 Å². The Bertz CT molecular complexity index is 1030. The summed E-state index contributed by atoms with van der Waals surface area (Å²) in [4.78, 5) is 15.8. The van der Waals surface area contributed by atoms with Gasteiger partial charge in [0.1, 0.15) is 5.82 Å². The zero-order chi connectivity index (χ0) is 21.8. The van der Waals surface area contributed by atoms with E-state index in [1.807, 2.05) is 6.20 Å². The van der Waals surface area contributed by atoms with Crippen LogP contribution in [0.25, 0.3) is 5.65 Å². The highest BCUT2D eigenvalue weighted by atomic mass is 16.3. The summed E-state index contributed by atoms with van der Waals surface area (Å²) in [7, 11) is 0. The van der Waals surface area contributed by atoms with Crippen molar-refractivity contribution in [2.75, 3.05) is 48.7 Å². The van der Waals surface area contributed by atoms with Crippen molar-refractivity contribution < 1.29 is 5.11 Å². The number of anilines is 3. The average molecular weight is 426 g/mol. The summed E-state index contributed by atoms with van der Waals surface area (Å²) in [5.74, 6) is 1.81. The maximum absolute atomic E-state index is 9.24. The molecule has 4 rings (SSSR count). The lowest BCUT2D eigenvalue weighted by molar-refractivity contribution is 0.278. The standard InChI is InChI=1S/C21H31N9O/c1-3-16(4-9-31)26-21-27-18(22)20-25-13-17(30(20)28-21)11-15-10-14(2)19(24-12-15)29-7-5-23-6-8-29/h10,12-13,16,23,31H,3-9,11H2,1-2H3,(H3,22,26,27,28)/t16-/m0/s1.